The molecule has 1 N–H and O–H groups in total. The number of nitrogens with zero attached hydrogens (tertiary/aromatic N) is 2. The number of amides is 1. The molecule has 2 atom stereocenters. The molecule has 178 valence electrons. The second-order valence-corrected chi connectivity index (χ2v) is 10.8. The number of nitrogens with one attached hydrogen (secondary N) is 1. The fraction of sp³-hybridized carbons (Fsp3) is 0.423. The Kier molecular flexibility index (Phi) is 4.71. The first-order chi connectivity index (χ1) is 15.7. The van der Waals surface area contributed by atoms with Gasteiger partial charge in [-0.1, -0.05) is 32.4 Å². The lowest BCUT2D eigenvalue weighted by molar-refractivity contribution is -0.137. The van der Waals surface area contributed by atoms with E-state index in [-0.39, 0.29) is 10.7 Å². The van der Waals surface area contributed by atoms with Gasteiger partial charge in [-0.05, 0) is 73.6 Å². The van der Waals surface area contributed by atoms with E-state index in [4.69, 9.17) is 21.6 Å². The SMILES string of the molecule is Cc1cc2nc3c(nc2cc1C)C1(C(=O)Nc2cc(C(F)(F)F)ccc2Cl)CCC3(C)C1(C)C. The van der Waals surface area contributed by atoms with Crippen LogP contribution in [0.25, 0.3) is 11.0 Å². The van der Waals surface area contributed by atoms with Crippen LogP contribution < -0.4 is 5.32 Å². The summed E-state index contributed by atoms with van der Waals surface area (Å²) in [5, 5.41) is 2.77. The van der Waals surface area contributed by atoms with E-state index < -0.39 is 33.9 Å². The fourth-order valence-electron chi connectivity index (χ4n) is 5.89. The first-order valence-electron chi connectivity index (χ1n) is 11.2. The standard InChI is InChI=1S/C26H25ClF3N3O/c1-13-10-18-19(11-14(13)2)32-21-20(31-18)24(5)8-9-25(21,23(24,3)4)22(34)33-17-12-15(26(28,29)30)6-7-16(17)27/h6-7,10-12H,8-9H2,1-5H3,(H,33,34). The number of halogens is 4. The molecule has 2 aliphatic carbocycles. The lowest BCUT2D eigenvalue weighted by Gasteiger charge is -2.39. The van der Waals surface area contributed by atoms with Crippen LogP contribution >= 0.6 is 11.6 Å². The van der Waals surface area contributed by atoms with Crippen LogP contribution in [0.2, 0.25) is 5.02 Å². The summed E-state index contributed by atoms with van der Waals surface area (Å²) in [4.78, 5) is 23.9. The Balaban J connectivity index is 1.67. The van der Waals surface area contributed by atoms with Gasteiger partial charge in [0.05, 0.1) is 44.1 Å². The molecule has 2 aliphatic rings. The van der Waals surface area contributed by atoms with Crippen LogP contribution in [0.1, 0.15) is 61.7 Å². The van der Waals surface area contributed by atoms with Gasteiger partial charge in [0.2, 0.25) is 5.91 Å². The number of hydrogen-bond acceptors (Lipinski definition) is 3. The molecule has 0 radical (unpaired) electrons. The number of anilines is 1. The average molecular weight is 488 g/mol. The van der Waals surface area contributed by atoms with Crippen LogP contribution in [0, 0.1) is 19.3 Å². The summed E-state index contributed by atoms with van der Waals surface area (Å²) in [6.07, 6.45) is -3.30. The molecule has 1 saturated carbocycles. The van der Waals surface area contributed by atoms with E-state index in [1.807, 2.05) is 39.8 Å². The van der Waals surface area contributed by atoms with E-state index in [2.05, 4.69) is 12.2 Å². The Labute approximate surface area is 200 Å². The molecular weight excluding hydrogens is 463 g/mol. The lowest BCUT2D eigenvalue weighted by atomic mass is 9.63. The number of alkyl halides is 3. The van der Waals surface area contributed by atoms with Gasteiger partial charge < -0.3 is 5.32 Å². The molecule has 2 bridgehead atoms. The lowest BCUT2D eigenvalue weighted by Crippen LogP contribution is -2.48. The van der Waals surface area contributed by atoms with Crippen molar-refractivity contribution >= 4 is 34.2 Å². The smallest absolute Gasteiger partial charge is 0.324 e. The highest BCUT2D eigenvalue weighted by Gasteiger charge is 2.73. The van der Waals surface area contributed by atoms with E-state index in [9.17, 15) is 18.0 Å². The van der Waals surface area contributed by atoms with Crippen LogP contribution in [0.5, 0.6) is 0 Å². The Morgan fingerprint density at radius 3 is 2.15 bits per heavy atom. The number of benzene rings is 2. The first-order valence-corrected chi connectivity index (χ1v) is 11.6. The van der Waals surface area contributed by atoms with Crippen molar-refractivity contribution in [2.75, 3.05) is 5.32 Å². The van der Waals surface area contributed by atoms with Gasteiger partial charge in [-0.2, -0.15) is 13.2 Å². The number of carbonyl (C=O) groups excluding carboxylic acids is 1. The third kappa shape index (κ3) is 2.82. The van der Waals surface area contributed by atoms with Crippen molar-refractivity contribution < 1.29 is 18.0 Å². The molecule has 1 fully saturated rings. The maximum absolute atomic E-state index is 14.0. The molecule has 4 nitrogen and oxygen atoms in total. The van der Waals surface area contributed by atoms with Gasteiger partial charge in [0.15, 0.2) is 0 Å². The van der Waals surface area contributed by atoms with Crippen molar-refractivity contribution in [2.24, 2.45) is 5.41 Å². The Morgan fingerprint density at radius 2 is 1.56 bits per heavy atom. The van der Waals surface area contributed by atoms with Crippen LogP contribution in [-0.2, 0) is 21.8 Å². The summed E-state index contributed by atoms with van der Waals surface area (Å²) in [6, 6.07) is 6.92. The van der Waals surface area contributed by atoms with Crippen LogP contribution in [0.3, 0.4) is 0 Å². The minimum Gasteiger partial charge on any atom is -0.324 e. The molecule has 0 spiro atoms. The highest BCUT2D eigenvalue weighted by molar-refractivity contribution is 6.33. The minimum absolute atomic E-state index is 0.0465. The summed E-state index contributed by atoms with van der Waals surface area (Å²) in [7, 11) is 0. The quantitative estimate of drug-likeness (QED) is 0.428. The zero-order valence-corrected chi connectivity index (χ0v) is 20.4. The second-order valence-electron chi connectivity index (χ2n) is 10.4. The molecule has 5 rings (SSSR count). The number of hydrogen-bond donors (Lipinski definition) is 1. The summed E-state index contributed by atoms with van der Waals surface area (Å²) >= 11 is 6.20. The number of carbonyl (C=O) groups is 1. The predicted octanol–water partition coefficient (Wildman–Crippen LogP) is 6.89. The zero-order valence-electron chi connectivity index (χ0n) is 19.6. The van der Waals surface area contributed by atoms with Crippen LogP contribution in [0.4, 0.5) is 18.9 Å². The second kappa shape index (κ2) is 6.94. The maximum atomic E-state index is 14.0. The van der Waals surface area contributed by atoms with Crippen LogP contribution in [-0.4, -0.2) is 15.9 Å². The average Bonchev–Trinajstić information content (AvgIpc) is 3.03. The zero-order chi connectivity index (χ0) is 24.8. The third-order valence-corrected chi connectivity index (χ3v) is 8.91. The van der Waals surface area contributed by atoms with Gasteiger partial charge in [-0.3, -0.25) is 4.79 Å². The molecule has 0 aliphatic heterocycles. The van der Waals surface area contributed by atoms with Crippen molar-refractivity contribution in [3.8, 4) is 0 Å². The van der Waals surface area contributed by atoms with Gasteiger partial charge >= 0.3 is 6.18 Å². The Hall–Kier alpha value is -2.67. The van der Waals surface area contributed by atoms with Crippen LogP contribution in [0.15, 0.2) is 30.3 Å². The molecule has 8 heteroatoms. The fourth-order valence-corrected chi connectivity index (χ4v) is 6.05. The van der Waals surface area contributed by atoms with E-state index in [1.165, 1.54) is 0 Å². The maximum Gasteiger partial charge on any atom is 0.416 e. The molecule has 34 heavy (non-hydrogen) atoms. The minimum atomic E-state index is -4.55. The van der Waals surface area contributed by atoms with Crippen molar-refractivity contribution in [1.29, 1.82) is 0 Å². The number of rotatable bonds is 2. The summed E-state index contributed by atoms with van der Waals surface area (Å²) < 4.78 is 39.9. The van der Waals surface area contributed by atoms with E-state index in [0.717, 1.165) is 47.0 Å². The van der Waals surface area contributed by atoms with E-state index in [0.29, 0.717) is 17.6 Å². The van der Waals surface area contributed by atoms with Crippen molar-refractivity contribution in [3.05, 3.63) is 63.4 Å². The topological polar surface area (TPSA) is 54.9 Å². The third-order valence-electron chi connectivity index (χ3n) is 8.58. The number of aromatic nitrogens is 2. The largest absolute Gasteiger partial charge is 0.416 e. The normalized spacial score (nSPS) is 25.0. The Morgan fingerprint density at radius 1 is 0.971 bits per heavy atom. The summed E-state index contributed by atoms with van der Waals surface area (Å²) in [5.74, 6) is -0.404. The van der Waals surface area contributed by atoms with Gasteiger partial charge in [-0.15, -0.1) is 0 Å². The molecular formula is C26H25ClF3N3O. The van der Waals surface area contributed by atoms with Crippen molar-refractivity contribution in [2.45, 2.75) is 64.5 Å². The highest BCUT2D eigenvalue weighted by Crippen LogP contribution is 2.70. The molecule has 2 unspecified atom stereocenters. The number of aryl methyl sites for hydroxylation is 2. The predicted molar refractivity (Wildman–Crippen MR) is 126 cm³/mol. The summed E-state index contributed by atoms with van der Waals surface area (Å²) in [6.45, 7) is 10.2. The molecule has 0 saturated heterocycles. The van der Waals surface area contributed by atoms with Gasteiger partial charge in [0.25, 0.3) is 0 Å². The van der Waals surface area contributed by atoms with Gasteiger partial charge in [0, 0.05) is 5.41 Å². The molecule has 3 aromatic rings. The first kappa shape index (κ1) is 23.1. The molecule has 1 heterocycles. The molecule has 2 aromatic carbocycles. The Bertz CT molecular complexity index is 1380. The van der Waals surface area contributed by atoms with Crippen molar-refractivity contribution in [3.63, 3.8) is 0 Å². The monoisotopic (exact) mass is 487 g/mol. The van der Waals surface area contributed by atoms with Gasteiger partial charge in [0.1, 0.15) is 0 Å². The van der Waals surface area contributed by atoms with Crippen molar-refractivity contribution in [1.82, 2.24) is 9.97 Å². The van der Waals surface area contributed by atoms with E-state index >= 15 is 0 Å². The summed E-state index contributed by atoms with van der Waals surface area (Å²) in [5.41, 5.74) is 2.13. The highest BCUT2D eigenvalue weighted by atomic mass is 35.5. The molecule has 1 aromatic heterocycles. The van der Waals surface area contributed by atoms with Gasteiger partial charge in [-0.25, -0.2) is 9.97 Å². The van der Waals surface area contributed by atoms with E-state index in [1.54, 1.807) is 0 Å². The molecule has 1 amide bonds. The number of fused-ring (bicyclic) bond motifs is 6.